The van der Waals surface area contributed by atoms with Gasteiger partial charge in [-0.15, -0.1) is 10.3 Å². The van der Waals surface area contributed by atoms with Crippen molar-refractivity contribution in [2.24, 2.45) is 5.41 Å². The zero-order valence-corrected chi connectivity index (χ0v) is 29.1. The second kappa shape index (κ2) is 11.5. The van der Waals surface area contributed by atoms with Crippen molar-refractivity contribution in [2.75, 3.05) is 25.7 Å². The molecule has 6 rings (SSSR count). The number of hydrogen-bond acceptors (Lipinski definition) is 6. The SMILES string of the molecule is CC(=O)OC1c2nc(C(C)C)c3c(c2C(OS(C)(C)C(C)(C)C)CC12CCC2)C1(CCOCC1)OC3c1ccc(C(F)(F)F)cc1. The van der Waals surface area contributed by atoms with E-state index in [2.05, 4.69) is 47.1 Å². The van der Waals surface area contributed by atoms with Gasteiger partial charge < -0.3 is 18.4 Å². The first kappa shape index (κ1) is 33.7. The molecule has 10 heteroatoms. The maximum absolute atomic E-state index is 13.6. The van der Waals surface area contributed by atoms with E-state index in [1.54, 1.807) is 0 Å². The predicted octanol–water partition coefficient (Wildman–Crippen LogP) is 9.36. The van der Waals surface area contributed by atoms with E-state index >= 15 is 0 Å². The lowest BCUT2D eigenvalue weighted by molar-refractivity contribution is -0.166. The first-order valence-corrected chi connectivity index (χ1v) is 18.9. The highest BCUT2D eigenvalue weighted by Crippen LogP contribution is 2.68. The molecular weight excluding hydrogens is 615 g/mol. The summed E-state index contributed by atoms with van der Waals surface area (Å²) in [5.41, 5.74) is 3.43. The van der Waals surface area contributed by atoms with Gasteiger partial charge in [0.2, 0.25) is 0 Å². The smallest absolute Gasteiger partial charge is 0.416 e. The van der Waals surface area contributed by atoms with Gasteiger partial charge in [-0.25, -0.2) is 0 Å². The third-order valence-electron chi connectivity index (χ3n) is 11.0. The number of ether oxygens (including phenoxy) is 3. The molecule has 1 aromatic carbocycles. The third kappa shape index (κ3) is 5.59. The number of rotatable bonds is 5. The molecule has 1 aromatic heterocycles. The van der Waals surface area contributed by atoms with Crippen LogP contribution in [0, 0.1) is 5.41 Å². The van der Waals surface area contributed by atoms with Crippen molar-refractivity contribution in [3.05, 3.63) is 63.5 Å². The zero-order valence-electron chi connectivity index (χ0n) is 28.3. The molecule has 1 saturated heterocycles. The summed E-state index contributed by atoms with van der Waals surface area (Å²) in [5, 5.41) is 0. The lowest BCUT2D eigenvalue weighted by Crippen LogP contribution is -2.46. The summed E-state index contributed by atoms with van der Waals surface area (Å²) in [6.07, 6.45) is 3.36. The Bertz CT molecular complexity index is 1490. The highest BCUT2D eigenvalue weighted by atomic mass is 32.3. The molecule has 2 fully saturated rings. The summed E-state index contributed by atoms with van der Waals surface area (Å²) < 4.78 is 67.1. The van der Waals surface area contributed by atoms with Crippen molar-refractivity contribution in [2.45, 2.75) is 121 Å². The van der Waals surface area contributed by atoms with E-state index in [9.17, 15) is 18.0 Å². The Morgan fingerprint density at radius 1 is 1.02 bits per heavy atom. The van der Waals surface area contributed by atoms with E-state index in [0.717, 1.165) is 59.5 Å². The minimum absolute atomic E-state index is 0.0251. The van der Waals surface area contributed by atoms with E-state index in [-0.39, 0.29) is 28.2 Å². The number of nitrogens with zero attached hydrogens (tertiary/aromatic N) is 1. The Balaban J connectivity index is 1.64. The second-order valence-corrected chi connectivity index (χ2v) is 19.2. The minimum Gasteiger partial charge on any atom is -0.455 e. The number of halogens is 3. The number of aromatic nitrogens is 1. The van der Waals surface area contributed by atoms with Gasteiger partial charge in [0.15, 0.2) is 0 Å². The summed E-state index contributed by atoms with van der Waals surface area (Å²) in [4.78, 5) is 18.1. The molecule has 0 N–H and O–H groups in total. The molecule has 1 saturated carbocycles. The molecule has 3 heterocycles. The summed E-state index contributed by atoms with van der Waals surface area (Å²) >= 11 is 0. The van der Waals surface area contributed by atoms with Crippen LogP contribution in [0.15, 0.2) is 24.3 Å². The van der Waals surface area contributed by atoms with Crippen LogP contribution in [-0.2, 0) is 35.0 Å². The van der Waals surface area contributed by atoms with Crippen molar-refractivity contribution < 1.29 is 36.4 Å². The molecule has 254 valence electrons. The van der Waals surface area contributed by atoms with Crippen LogP contribution in [0.3, 0.4) is 0 Å². The van der Waals surface area contributed by atoms with Crippen LogP contribution in [0.4, 0.5) is 13.2 Å². The quantitative estimate of drug-likeness (QED) is 0.297. The van der Waals surface area contributed by atoms with Gasteiger partial charge in [0, 0.05) is 60.0 Å². The fraction of sp³-hybridized carbons (Fsp3) is 0.667. The number of esters is 1. The first-order valence-electron chi connectivity index (χ1n) is 16.5. The zero-order chi connectivity index (χ0) is 33.4. The molecule has 0 amide bonds. The third-order valence-corrected chi connectivity index (χ3v) is 14.6. The number of pyridine rings is 1. The monoisotopic (exact) mass is 663 g/mol. The average molecular weight is 664 g/mol. The van der Waals surface area contributed by atoms with E-state index in [0.29, 0.717) is 38.0 Å². The Kier molecular flexibility index (Phi) is 8.43. The minimum atomic E-state index is -4.44. The highest BCUT2D eigenvalue weighted by Gasteiger charge is 2.59. The first-order chi connectivity index (χ1) is 21.4. The lowest BCUT2D eigenvalue weighted by Gasteiger charge is -2.55. The van der Waals surface area contributed by atoms with Crippen molar-refractivity contribution in [3.63, 3.8) is 0 Å². The molecule has 0 radical (unpaired) electrons. The molecule has 4 aliphatic rings. The molecule has 2 spiro atoms. The van der Waals surface area contributed by atoms with Crippen molar-refractivity contribution >= 4 is 16.3 Å². The molecule has 2 aliphatic heterocycles. The van der Waals surface area contributed by atoms with Gasteiger partial charge in [0.1, 0.15) is 12.2 Å². The molecular formula is C36H48F3NO5S. The number of benzene rings is 1. The van der Waals surface area contributed by atoms with Gasteiger partial charge in [-0.05, 0) is 61.0 Å². The van der Waals surface area contributed by atoms with Crippen LogP contribution in [0.25, 0.3) is 0 Å². The maximum atomic E-state index is 13.6. The number of hydrogen-bond donors (Lipinski definition) is 0. The second-order valence-electron chi connectivity index (χ2n) is 15.3. The van der Waals surface area contributed by atoms with Gasteiger partial charge in [0.25, 0.3) is 0 Å². The fourth-order valence-electron chi connectivity index (χ4n) is 7.70. The van der Waals surface area contributed by atoms with Crippen LogP contribution in [0.5, 0.6) is 0 Å². The number of carbonyl (C=O) groups excluding carboxylic acids is 1. The molecule has 3 unspecified atom stereocenters. The molecule has 0 bridgehead atoms. The molecule has 3 atom stereocenters. The lowest BCUT2D eigenvalue weighted by atomic mass is 9.57. The van der Waals surface area contributed by atoms with Crippen molar-refractivity contribution in [3.8, 4) is 0 Å². The molecule has 2 aliphatic carbocycles. The largest absolute Gasteiger partial charge is 0.455 e. The Hall–Kier alpha value is -2.14. The normalized spacial score (nSPS) is 25.7. The average Bonchev–Trinajstić information content (AvgIpc) is 3.25. The number of carbonyl (C=O) groups is 1. The highest BCUT2D eigenvalue weighted by molar-refractivity contribution is 8.29. The van der Waals surface area contributed by atoms with E-state index in [4.69, 9.17) is 23.4 Å². The van der Waals surface area contributed by atoms with Gasteiger partial charge in [-0.1, -0.05) is 53.2 Å². The maximum Gasteiger partial charge on any atom is 0.416 e. The van der Waals surface area contributed by atoms with Crippen molar-refractivity contribution in [1.82, 2.24) is 4.98 Å². The van der Waals surface area contributed by atoms with E-state index in [1.165, 1.54) is 19.1 Å². The summed E-state index contributed by atoms with van der Waals surface area (Å²) in [6, 6.07) is 5.33. The standard InChI is InChI=1S/C36H48F3NO5S/c1-21(2)29-27-28(35(16-18-42-19-17-35)44-31(27)23-10-12-24(13-11-23)36(37,38)39)26-25(45-46(7,8)33(4,5)6)20-34(14-9-15-34)32(30(26)40-29)43-22(3)41/h10-13,21,25,31-32H,9,14-20H2,1-8H3. The summed E-state index contributed by atoms with van der Waals surface area (Å²) in [7, 11) is -1.59. The van der Waals surface area contributed by atoms with Crippen LogP contribution >= 0.6 is 10.3 Å². The predicted molar refractivity (Wildman–Crippen MR) is 173 cm³/mol. The number of fused-ring (bicyclic) bond motifs is 4. The summed E-state index contributed by atoms with van der Waals surface area (Å²) in [6.45, 7) is 13.2. The Morgan fingerprint density at radius 2 is 1.65 bits per heavy atom. The molecule has 6 nitrogen and oxygen atoms in total. The van der Waals surface area contributed by atoms with Crippen LogP contribution in [0.2, 0.25) is 0 Å². The van der Waals surface area contributed by atoms with Gasteiger partial charge >= 0.3 is 12.1 Å². The van der Waals surface area contributed by atoms with E-state index < -0.39 is 39.9 Å². The van der Waals surface area contributed by atoms with Gasteiger partial charge in [-0.3, -0.25) is 9.78 Å². The Morgan fingerprint density at radius 3 is 2.15 bits per heavy atom. The van der Waals surface area contributed by atoms with Gasteiger partial charge in [0.05, 0.1) is 23.0 Å². The van der Waals surface area contributed by atoms with Crippen molar-refractivity contribution in [1.29, 1.82) is 0 Å². The van der Waals surface area contributed by atoms with Gasteiger partial charge in [-0.2, -0.15) is 13.2 Å². The van der Waals surface area contributed by atoms with Crippen LogP contribution < -0.4 is 0 Å². The fourth-order valence-corrected chi connectivity index (χ4v) is 8.73. The van der Waals surface area contributed by atoms with Crippen LogP contribution in [0.1, 0.15) is 144 Å². The molecule has 2 aromatic rings. The number of alkyl halides is 3. The van der Waals surface area contributed by atoms with Crippen LogP contribution in [-0.4, -0.2) is 41.4 Å². The topological polar surface area (TPSA) is 66.9 Å². The van der Waals surface area contributed by atoms with E-state index in [1.807, 2.05) is 0 Å². The molecule has 46 heavy (non-hydrogen) atoms. The Labute approximate surface area is 272 Å². The summed E-state index contributed by atoms with van der Waals surface area (Å²) in [5.74, 6) is -0.363.